The molecule has 2 aliphatic rings. The number of alkyl halides is 1. The van der Waals surface area contributed by atoms with Crippen molar-refractivity contribution in [2.45, 2.75) is 70.7 Å². The molecule has 2 atom stereocenters. The number of aliphatic carboxylic acids is 1. The summed E-state index contributed by atoms with van der Waals surface area (Å²) in [6, 6.07) is -0.187. The number of likely N-dealkylation sites (tertiary alicyclic amines) is 1. The van der Waals surface area contributed by atoms with E-state index in [4.69, 9.17) is 9.84 Å². The van der Waals surface area contributed by atoms with Crippen LogP contribution in [-0.4, -0.2) is 53.4 Å². The first-order valence-corrected chi connectivity index (χ1v) is 8.64. The summed E-state index contributed by atoms with van der Waals surface area (Å²) >= 11 is 0. The topological polar surface area (TPSA) is 66.8 Å². The molecular formula is C17H28FNO4. The minimum Gasteiger partial charge on any atom is -0.481 e. The van der Waals surface area contributed by atoms with Crippen molar-refractivity contribution in [1.29, 1.82) is 0 Å². The number of ether oxygens (including phenoxy) is 1. The van der Waals surface area contributed by atoms with Gasteiger partial charge in [-0.25, -0.2) is 4.39 Å². The van der Waals surface area contributed by atoms with Crippen LogP contribution < -0.4 is 0 Å². The molecule has 2 rings (SSSR count). The predicted molar refractivity (Wildman–Crippen MR) is 83.8 cm³/mol. The van der Waals surface area contributed by atoms with Gasteiger partial charge in [0.1, 0.15) is 6.17 Å². The molecule has 1 aliphatic heterocycles. The molecule has 1 saturated heterocycles. The molecule has 132 valence electrons. The van der Waals surface area contributed by atoms with Crippen LogP contribution >= 0.6 is 0 Å². The summed E-state index contributed by atoms with van der Waals surface area (Å²) in [5.74, 6) is -0.733. The number of carboxylic acids is 1. The Kier molecular flexibility index (Phi) is 6.39. The quantitative estimate of drug-likeness (QED) is 0.813. The van der Waals surface area contributed by atoms with Crippen LogP contribution in [0.3, 0.4) is 0 Å². The second kappa shape index (κ2) is 8.08. The van der Waals surface area contributed by atoms with Gasteiger partial charge in [-0.1, -0.05) is 13.8 Å². The fraction of sp³-hybridized carbons (Fsp3) is 0.882. The number of rotatable bonds is 6. The standard InChI is InChI=1S/C17H28FNO4/c1-11(2)7-16(20)19-9-13(18)8-14(19)10-23-15-5-3-12(4-6-15)17(21)22/h11-15H,3-10H2,1-2H3,(H,21,22). The van der Waals surface area contributed by atoms with Crippen LogP contribution in [0.1, 0.15) is 52.4 Å². The Labute approximate surface area is 137 Å². The maximum atomic E-state index is 13.7. The number of carboxylic acid groups (broad SMARTS) is 1. The van der Waals surface area contributed by atoms with Crippen molar-refractivity contribution >= 4 is 11.9 Å². The van der Waals surface area contributed by atoms with E-state index >= 15 is 0 Å². The molecule has 0 aromatic heterocycles. The van der Waals surface area contributed by atoms with Gasteiger partial charge in [-0.3, -0.25) is 9.59 Å². The Morgan fingerprint density at radius 3 is 2.48 bits per heavy atom. The maximum Gasteiger partial charge on any atom is 0.306 e. The zero-order valence-electron chi connectivity index (χ0n) is 14.0. The van der Waals surface area contributed by atoms with Gasteiger partial charge < -0.3 is 14.7 Å². The van der Waals surface area contributed by atoms with E-state index in [2.05, 4.69) is 0 Å². The van der Waals surface area contributed by atoms with E-state index in [1.54, 1.807) is 4.90 Å². The minimum absolute atomic E-state index is 0.00309. The molecule has 23 heavy (non-hydrogen) atoms. The highest BCUT2D eigenvalue weighted by atomic mass is 19.1. The summed E-state index contributed by atoms with van der Waals surface area (Å²) in [4.78, 5) is 24.8. The minimum atomic E-state index is -0.970. The lowest BCUT2D eigenvalue weighted by atomic mass is 9.87. The summed E-state index contributed by atoms with van der Waals surface area (Å²) in [6.45, 7) is 4.48. The van der Waals surface area contributed by atoms with Crippen LogP contribution in [0, 0.1) is 11.8 Å². The fourth-order valence-corrected chi connectivity index (χ4v) is 3.51. The third-order valence-corrected chi connectivity index (χ3v) is 4.81. The second-order valence-corrected chi connectivity index (χ2v) is 7.28. The number of carbonyl (C=O) groups is 2. The molecule has 1 aliphatic carbocycles. The first kappa shape index (κ1) is 18.2. The fourth-order valence-electron chi connectivity index (χ4n) is 3.51. The van der Waals surface area contributed by atoms with E-state index in [1.165, 1.54) is 0 Å². The zero-order chi connectivity index (χ0) is 17.0. The Balaban J connectivity index is 1.79. The van der Waals surface area contributed by atoms with E-state index in [-0.39, 0.29) is 36.4 Å². The number of carbonyl (C=O) groups excluding carboxylic acids is 1. The van der Waals surface area contributed by atoms with Crippen molar-refractivity contribution in [3.63, 3.8) is 0 Å². The maximum absolute atomic E-state index is 13.7. The lowest BCUT2D eigenvalue weighted by Gasteiger charge is -2.30. The zero-order valence-corrected chi connectivity index (χ0v) is 14.0. The molecular weight excluding hydrogens is 301 g/mol. The highest BCUT2D eigenvalue weighted by Crippen LogP contribution is 2.28. The molecule has 2 fully saturated rings. The monoisotopic (exact) mass is 329 g/mol. The van der Waals surface area contributed by atoms with Gasteiger partial charge in [0.2, 0.25) is 5.91 Å². The lowest BCUT2D eigenvalue weighted by Crippen LogP contribution is -2.40. The van der Waals surface area contributed by atoms with E-state index in [0.29, 0.717) is 32.3 Å². The van der Waals surface area contributed by atoms with Gasteiger partial charge in [0.05, 0.1) is 31.2 Å². The molecule has 0 radical (unpaired) electrons. The van der Waals surface area contributed by atoms with E-state index in [0.717, 1.165) is 12.8 Å². The Bertz CT molecular complexity index is 421. The Hall–Kier alpha value is -1.17. The Morgan fingerprint density at radius 1 is 1.26 bits per heavy atom. The van der Waals surface area contributed by atoms with Gasteiger partial charge in [0.25, 0.3) is 0 Å². The van der Waals surface area contributed by atoms with E-state index in [9.17, 15) is 14.0 Å². The van der Waals surface area contributed by atoms with Crippen molar-refractivity contribution in [2.75, 3.05) is 13.2 Å². The number of hydrogen-bond donors (Lipinski definition) is 1. The summed E-state index contributed by atoms with van der Waals surface area (Å²) < 4.78 is 19.6. The molecule has 2 unspecified atom stereocenters. The van der Waals surface area contributed by atoms with Crippen LogP contribution in [0.15, 0.2) is 0 Å². The smallest absolute Gasteiger partial charge is 0.306 e. The van der Waals surface area contributed by atoms with Gasteiger partial charge in [0, 0.05) is 12.8 Å². The molecule has 1 saturated carbocycles. The first-order valence-electron chi connectivity index (χ1n) is 8.64. The SMILES string of the molecule is CC(C)CC(=O)N1CC(F)CC1COC1CCC(C(=O)O)CC1. The highest BCUT2D eigenvalue weighted by molar-refractivity contribution is 5.77. The van der Waals surface area contributed by atoms with Crippen LogP contribution in [-0.2, 0) is 14.3 Å². The molecule has 0 spiro atoms. The molecule has 0 aromatic carbocycles. The third kappa shape index (κ3) is 5.16. The van der Waals surface area contributed by atoms with Crippen LogP contribution in [0.2, 0.25) is 0 Å². The van der Waals surface area contributed by atoms with Crippen molar-refractivity contribution in [3.05, 3.63) is 0 Å². The summed E-state index contributed by atoms with van der Waals surface area (Å²) in [5, 5.41) is 9.00. The van der Waals surface area contributed by atoms with Crippen molar-refractivity contribution in [2.24, 2.45) is 11.8 Å². The first-order chi connectivity index (χ1) is 10.9. The molecule has 0 bridgehead atoms. The summed E-state index contributed by atoms with van der Waals surface area (Å²) in [6.07, 6.45) is 2.56. The summed E-state index contributed by atoms with van der Waals surface area (Å²) in [5.41, 5.74) is 0. The number of hydrogen-bond acceptors (Lipinski definition) is 3. The largest absolute Gasteiger partial charge is 0.481 e. The van der Waals surface area contributed by atoms with Gasteiger partial charge in [-0.2, -0.15) is 0 Å². The average Bonchev–Trinajstić information content (AvgIpc) is 2.86. The van der Waals surface area contributed by atoms with Crippen molar-refractivity contribution < 1.29 is 23.8 Å². The van der Waals surface area contributed by atoms with Crippen molar-refractivity contribution in [3.8, 4) is 0 Å². The molecule has 5 nitrogen and oxygen atoms in total. The molecule has 1 N–H and O–H groups in total. The molecule has 0 aromatic rings. The number of amides is 1. The normalized spacial score (nSPS) is 31.6. The molecule has 1 heterocycles. The van der Waals surface area contributed by atoms with Gasteiger partial charge >= 0.3 is 5.97 Å². The second-order valence-electron chi connectivity index (χ2n) is 7.28. The van der Waals surface area contributed by atoms with E-state index in [1.807, 2.05) is 13.8 Å². The van der Waals surface area contributed by atoms with Crippen molar-refractivity contribution in [1.82, 2.24) is 4.90 Å². The number of halogens is 1. The third-order valence-electron chi connectivity index (χ3n) is 4.81. The van der Waals surface area contributed by atoms with Crippen LogP contribution in [0.4, 0.5) is 4.39 Å². The molecule has 1 amide bonds. The molecule has 6 heteroatoms. The van der Waals surface area contributed by atoms with Gasteiger partial charge in [-0.05, 0) is 31.6 Å². The van der Waals surface area contributed by atoms with Gasteiger partial charge in [-0.15, -0.1) is 0 Å². The predicted octanol–water partition coefficient (Wildman–Crippen LogP) is 2.63. The Morgan fingerprint density at radius 2 is 1.91 bits per heavy atom. The van der Waals surface area contributed by atoms with Crippen LogP contribution in [0.25, 0.3) is 0 Å². The van der Waals surface area contributed by atoms with E-state index < -0.39 is 12.1 Å². The lowest BCUT2D eigenvalue weighted by molar-refractivity contribution is -0.144. The number of nitrogens with zero attached hydrogens (tertiary/aromatic N) is 1. The van der Waals surface area contributed by atoms with Gasteiger partial charge in [0.15, 0.2) is 0 Å². The average molecular weight is 329 g/mol. The summed E-state index contributed by atoms with van der Waals surface area (Å²) in [7, 11) is 0. The van der Waals surface area contributed by atoms with Crippen LogP contribution in [0.5, 0.6) is 0 Å². The highest BCUT2D eigenvalue weighted by Gasteiger charge is 2.36.